The lowest BCUT2D eigenvalue weighted by molar-refractivity contribution is -0.124. The van der Waals surface area contributed by atoms with Crippen molar-refractivity contribution >= 4 is 29.9 Å². The molecule has 0 radical (unpaired) electrons. The van der Waals surface area contributed by atoms with Crippen molar-refractivity contribution in [3.8, 4) is 0 Å². The predicted molar refractivity (Wildman–Crippen MR) is 84.0 cm³/mol. The van der Waals surface area contributed by atoms with Crippen LogP contribution in [0, 0.1) is 0 Å². The largest absolute Gasteiger partial charge is 0.387 e. The van der Waals surface area contributed by atoms with E-state index in [1.807, 2.05) is 0 Å². The number of rotatable bonds is 2. The second-order valence-corrected chi connectivity index (χ2v) is 6.21. The Morgan fingerprint density at radius 3 is 3.00 bits per heavy atom. The molecule has 0 aromatic carbocycles. The molecule has 7 nitrogen and oxygen atoms in total. The lowest BCUT2D eigenvalue weighted by Gasteiger charge is -2.31. The Balaban J connectivity index is 0.00000176. The maximum absolute atomic E-state index is 12.5. The van der Waals surface area contributed by atoms with E-state index in [-0.39, 0.29) is 35.9 Å². The van der Waals surface area contributed by atoms with Crippen molar-refractivity contribution in [2.24, 2.45) is 5.16 Å². The summed E-state index contributed by atoms with van der Waals surface area (Å²) in [6.07, 6.45) is 3.37. The molecule has 3 heterocycles. The Kier molecular flexibility index (Phi) is 5.28. The van der Waals surface area contributed by atoms with Gasteiger partial charge in [-0.1, -0.05) is 5.16 Å². The summed E-state index contributed by atoms with van der Waals surface area (Å²) in [5.74, 6) is -0.103. The van der Waals surface area contributed by atoms with Crippen molar-refractivity contribution in [1.82, 2.24) is 15.5 Å². The minimum absolute atomic E-state index is 0. The van der Waals surface area contributed by atoms with Crippen molar-refractivity contribution in [2.75, 3.05) is 26.2 Å². The summed E-state index contributed by atoms with van der Waals surface area (Å²) in [5.41, 5.74) is 0.196. The molecule has 124 valence electrons. The van der Waals surface area contributed by atoms with Crippen LogP contribution in [0.25, 0.3) is 0 Å². The average Bonchev–Trinajstić information content (AvgIpc) is 3.06. The molecule has 0 bridgehead atoms. The third kappa shape index (κ3) is 3.52. The molecular weight excluding hydrogens is 308 g/mol. The summed E-state index contributed by atoms with van der Waals surface area (Å²) >= 11 is 0. The van der Waals surface area contributed by atoms with Crippen molar-refractivity contribution < 1.29 is 14.4 Å². The molecule has 2 N–H and O–H groups in total. The maximum Gasteiger partial charge on any atom is 0.271 e. The summed E-state index contributed by atoms with van der Waals surface area (Å²) in [5, 5.41) is 10.2. The van der Waals surface area contributed by atoms with Gasteiger partial charge in [0.25, 0.3) is 5.91 Å². The monoisotopic (exact) mass is 330 g/mol. The van der Waals surface area contributed by atoms with E-state index in [0.717, 1.165) is 32.4 Å². The van der Waals surface area contributed by atoms with Gasteiger partial charge in [0, 0.05) is 39.0 Å². The number of piperidine rings is 1. The number of nitrogens with zero attached hydrogens (tertiary/aromatic N) is 2. The molecule has 22 heavy (non-hydrogen) atoms. The highest BCUT2D eigenvalue weighted by atomic mass is 35.5. The van der Waals surface area contributed by atoms with Gasteiger partial charge in [0.05, 0.1) is 0 Å². The Bertz CT molecular complexity index is 477. The molecule has 0 aromatic heterocycles. The van der Waals surface area contributed by atoms with E-state index >= 15 is 0 Å². The van der Waals surface area contributed by atoms with Crippen LogP contribution < -0.4 is 10.6 Å². The molecule has 3 rings (SSSR count). The van der Waals surface area contributed by atoms with Gasteiger partial charge in [0.15, 0.2) is 5.60 Å². The average molecular weight is 331 g/mol. The number of nitrogens with one attached hydrogen (secondary N) is 2. The lowest BCUT2D eigenvalue weighted by atomic mass is 9.89. The van der Waals surface area contributed by atoms with Gasteiger partial charge in [-0.2, -0.15) is 0 Å². The third-order valence-electron chi connectivity index (χ3n) is 4.40. The molecule has 2 fully saturated rings. The first-order valence-corrected chi connectivity index (χ1v) is 7.60. The second-order valence-electron chi connectivity index (χ2n) is 6.21. The predicted octanol–water partition coefficient (Wildman–Crippen LogP) is 0.0437. The van der Waals surface area contributed by atoms with Crippen LogP contribution in [0.1, 0.15) is 32.6 Å². The third-order valence-corrected chi connectivity index (χ3v) is 4.40. The van der Waals surface area contributed by atoms with Crippen LogP contribution in [0.15, 0.2) is 5.16 Å². The van der Waals surface area contributed by atoms with Gasteiger partial charge >= 0.3 is 0 Å². The summed E-state index contributed by atoms with van der Waals surface area (Å²) < 4.78 is 0. The Labute approximate surface area is 136 Å². The van der Waals surface area contributed by atoms with Crippen LogP contribution in [0.3, 0.4) is 0 Å². The summed E-state index contributed by atoms with van der Waals surface area (Å²) in [6.45, 7) is 4.47. The molecule has 8 heteroatoms. The fourth-order valence-electron chi connectivity index (χ4n) is 3.34. The van der Waals surface area contributed by atoms with E-state index in [1.165, 1.54) is 6.92 Å². The van der Waals surface area contributed by atoms with E-state index in [9.17, 15) is 9.59 Å². The van der Waals surface area contributed by atoms with Gasteiger partial charge in [0.2, 0.25) is 5.91 Å². The van der Waals surface area contributed by atoms with E-state index < -0.39 is 0 Å². The number of carbonyl (C=O) groups is 2. The molecule has 0 saturated carbocycles. The number of oxime groups is 1. The van der Waals surface area contributed by atoms with Crippen molar-refractivity contribution in [3.63, 3.8) is 0 Å². The summed E-state index contributed by atoms with van der Waals surface area (Å²) in [4.78, 5) is 30.9. The van der Waals surface area contributed by atoms with Crippen LogP contribution in [-0.4, -0.2) is 60.2 Å². The highest BCUT2D eigenvalue weighted by molar-refractivity contribution is 6.39. The van der Waals surface area contributed by atoms with Gasteiger partial charge in [-0.15, -0.1) is 12.4 Å². The molecule has 1 spiro atoms. The van der Waals surface area contributed by atoms with E-state index in [2.05, 4.69) is 15.8 Å². The first-order valence-electron chi connectivity index (χ1n) is 7.60. The van der Waals surface area contributed by atoms with Crippen molar-refractivity contribution in [3.05, 3.63) is 0 Å². The zero-order valence-corrected chi connectivity index (χ0v) is 13.6. The number of amides is 2. The molecule has 1 unspecified atom stereocenters. The summed E-state index contributed by atoms with van der Waals surface area (Å²) in [7, 11) is 0. The molecular formula is C14H23ClN4O3. The minimum Gasteiger partial charge on any atom is -0.387 e. The van der Waals surface area contributed by atoms with Crippen molar-refractivity contribution in [2.45, 2.75) is 44.2 Å². The van der Waals surface area contributed by atoms with Crippen LogP contribution >= 0.6 is 12.4 Å². The number of hydrogen-bond acceptors (Lipinski definition) is 5. The molecule has 2 saturated heterocycles. The zero-order valence-electron chi connectivity index (χ0n) is 12.8. The van der Waals surface area contributed by atoms with Gasteiger partial charge in [-0.25, -0.2) is 0 Å². The quantitative estimate of drug-likeness (QED) is 0.749. The first kappa shape index (κ1) is 17.0. The lowest BCUT2D eigenvalue weighted by Crippen LogP contribution is -2.47. The van der Waals surface area contributed by atoms with Crippen LogP contribution in [0.5, 0.6) is 0 Å². The normalized spacial score (nSPS) is 30.5. The zero-order chi connectivity index (χ0) is 14.9. The fourth-order valence-corrected chi connectivity index (χ4v) is 3.34. The van der Waals surface area contributed by atoms with Gasteiger partial charge in [0.1, 0.15) is 5.71 Å². The van der Waals surface area contributed by atoms with E-state index in [4.69, 9.17) is 4.84 Å². The van der Waals surface area contributed by atoms with Gasteiger partial charge in [-0.05, 0) is 25.8 Å². The first-order chi connectivity index (χ1) is 10.1. The standard InChI is InChI=1S/C14H22N4O3.ClH/c1-10(19)16-11-3-6-18(8-11)13(20)12-7-14(21-17-12)4-2-5-15-9-14;/h11,15H,2-9H2,1H3,(H,16,19);1H/t11-,14?;/m0./s1. The minimum atomic E-state index is -0.319. The van der Waals surface area contributed by atoms with E-state index in [0.29, 0.717) is 25.2 Å². The van der Waals surface area contributed by atoms with E-state index in [1.54, 1.807) is 4.90 Å². The molecule has 3 aliphatic rings. The number of likely N-dealkylation sites (tertiary alicyclic amines) is 1. The summed E-state index contributed by atoms with van der Waals surface area (Å²) in [6, 6.07) is 0.0553. The van der Waals surface area contributed by atoms with Crippen LogP contribution in [-0.2, 0) is 14.4 Å². The topological polar surface area (TPSA) is 83.0 Å². The van der Waals surface area contributed by atoms with Crippen molar-refractivity contribution in [1.29, 1.82) is 0 Å². The SMILES string of the molecule is CC(=O)N[C@H]1CCN(C(=O)C2=NOC3(CCCNC3)C2)C1.Cl. The number of halogens is 1. The Hall–Kier alpha value is -1.34. The Morgan fingerprint density at radius 1 is 1.50 bits per heavy atom. The smallest absolute Gasteiger partial charge is 0.271 e. The number of hydrogen-bond donors (Lipinski definition) is 2. The van der Waals surface area contributed by atoms with Crippen LogP contribution in [0.4, 0.5) is 0 Å². The molecule has 2 amide bonds. The highest BCUT2D eigenvalue weighted by Gasteiger charge is 2.43. The molecule has 0 aliphatic carbocycles. The fraction of sp³-hybridized carbons (Fsp3) is 0.786. The molecule has 3 aliphatic heterocycles. The van der Waals surface area contributed by atoms with Gasteiger partial charge < -0.3 is 20.4 Å². The molecule has 0 aromatic rings. The van der Waals surface area contributed by atoms with Crippen LogP contribution in [0.2, 0.25) is 0 Å². The molecule has 2 atom stereocenters. The highest BCUT2D eigenvalue weighted by Crippen LogP contribution is 2.31. The maximum atomic E-state index is 12.5. The Morgan fingerprint density at radius 2 is 2.32 bits per heavy atom. The number of carbonyl (C=O) groups excluding carboxylic acids is 2. The van der Waals surface area contributed by atoms with Gasteiger partial charge in [-0.3, -0.25) is 9.59 Å². The second kappa shape index (κ2) is 6.83.